The van der Waals surface area contributed by atoms with E-state index in [1.807, 2.05) is 12.3 Å². The van der Waals surface area contributed by atoms with Gasteiger partial charge < -0.3 is 10.1 Å². The Labute approximate surface area is 153 Å². The number of carbonyl (C=O) groups is 2. The molecule has 0 aliphatic heterocycles. The van der Waals surface area contributed by atoms with Crippen molar-refractivity contribution in [2.24, 2.45) is 0 Å². The maximum Gasteiger partial charge on any atom is 0.338 e. The van der Waals surface area contributed by atoms with Crippen molar-refractivity contribution >= 4 is 17.6 Å². The molecule has 0 unspecified atom stereocenters. The third kappa shape index (κ3) is 4.97. The zero-order valence-corrected chi connectivity index (χ0v) is 14.1. The van der Waals surface area contributed by atoms with Gasteiger partial charge in [0.15, 0.2) is 6.61 Å². The van der Waals surface area contributed by atoms with Crippen molar-refractivity contribution in [3.05, 3.63) is 83.7 Å². The monoisotopic (exact) mass is 371 g/mol. The number of nitrogens with one attached hydrogen (secondary N) is 1. The van der Waals surface area contributed by atoms with E-state index in [-0.39, 0.29) is 11.3 Å². The lowest BCUT2D eigenvalue weighted by Crippen LogP contribution is -2.21. The predicted molar refractivity (Wildman–Crippen MR) is 93.0 cm³/mol. The van der Waals surface area contributed by atoms with Gasteiger partial charge >= 0.3 is 5.97 Å². The van der Waals surface area contributed by atoms with Crippen LogP contribution in [-0.2, 0) is 16.1 Å². The predicted octanol–water partition coefficient (Wildman–Crippen LogP) is 3.01. The lowest BCUT2D eigenvalue weighted by atomic mass is 10.1. The Kier molecular flexibility index (Phi) is 5.55. The van der Waals surface area contributed by atoms with Crippen LogP contribution in [0.4, 0.5) is 14.5 Å². The first-order valence-electron chi connectivity index (χ1n) is 7.99. The number of esters is 1. The molecule has 0 bridgehead atoms. The molecule has 0 aliphatic carbocycles. The SMILES string of the molecule is O=C(COC(=O)c1ccc(Cn2cccn2)cc1)Nc1ccc(F)cc1F. The van der Waals surface area contributed by atoms with Gasteiger partial charge in [-0.3, -0.25) is 9.48 Å². The van der Waals surface area contributed by atoms with Crippen LogP contribution in [0.2, 0.25) is 0 Å². The fourth-order valence-corrected chi connectivity index (χ4v) is 2.32. The topological polar surface area (TPSA) is 73.2 Å². The summed E-state index contributed by atoms with van der Waals surface area (Å²) in [5.74, 6) is -3.09. The molecule has 138 valence electrons. The maximum absolute atomic E-state index is 13.5. The summed E-state index contributed by atoms with van der Waals surface area (Å²) in [5, 5.41) is 6.31. The Morgan fingerprint density at radius 3 is 2.56 bits per heavy atom. The number of anilines is 1. The van der Waals surface area contributed by atoms with E-state index in [4.69, 9.17) is 4.74 Å². The molecule has 0 spiro atoms. The fraction of sp³-hybridized carbons (Fsp3) is 0.105. The molecule has 27 heavy (non-hydrogen) atoms. The highest BCUT2D eigenvalue weighted by atomic mass is 19.1. The Bertz CT molecular complexity index is 941. The summed E-state index contributed by atoms with van der Waals surface area (Å²) in [7, 11) is 0. The van der Waals surface area contributed by atoms with E-state index in [1.165, 1.54) is 0 Å². The van der Waals surface area contributed by atoms with Crippen LogP contribution in [0, 0.1) is 11.6 Å². The molecule has 0 saturated heterocycles. The Hall–Kier alpha value is -3.55. The standard InChI is InChI=1S/C19H15F2N3O3/c20-15-6-7-17(16(21)10-15)23-18(25)12-27-19(26)14-4-2-13(3-5-14)11-24-9-1-8-22-24/h1-10H,11-12H2,(H,23,25). The number of benzene rings is 2. The molecule has 2 aromatic carbocycles. The van der Waals surface area contributed by atoms with Crippen LogP contribution in [0.25, 0.3) is 0 Å². The zero-order valence-electron chi connectivity index (χ0n) is 14.1. The number of rotatable bonds is 6. The number of ether oxygens (including phenoxy) is 1. The molecular weight excluding hydrogens is 356 g/mol. The molecule has 1 aromatic heterocycles. The number of hydrogen-bond acceptors (Lipinski definition) is 4. The molecule has 3 rings (SSSR count). The van der Waals surface area contributed by atoms with Crippen molar-refractivity contribution in [2.75, 3.05) is 11.9 Å². The molecule has 6 nitrogen and oxygen atoms in total. The molecule has 0 atom stereocenters. The van der Waals surface area contributed by atoms with E-state index in [1.54, 1.807) is 35.1 Å². The number of aromatic nitrogens is 2. The number of carbonyl (C=O) groups excluding carboxylic acids is 2. The first-order valence-corrected chi connectivity index (χ1v) is 7.99. The minimum absolute atomic E-state index is 0.194. The van der Waals surface area contributed by atoms with Crippen LogP contribution in [0.3, 0.4) is 0 Å². The second-order valence-corrected chi connectivity index (χ2v) is 5.65. The largest absolute Gasteiger partial charge is 0.452 e. The summed E-state index contributed by atoms with van der Waals surface area (Å²) in [6.07, 6.45) is 3.50. The van der Waals surface area contributed by atoms with Crippen LogP contribution in [0.5, 0.6) is 0 Å². The molecule has 3 aromatic rings. The second-order valence-electron chi connectivity index (χ2n) is 5.65. The van der Waals surface area contributed by atoms with Gasteiger partial charge in [0.05, 0.1) is 17.8 Å². The summed E-state index contributed by atoms with van der Waals surface area (Å²) in [6.45, 7) is -0.0291. The minimum Gasteiger partial charge on any atom is -0.452 e. The van der Waals surface area contributed by atoms with Gasteiger partial charge in [-0.2, -0.15) is 5.10 Å². The van der Waals surface area contributed by atoms with E-state index < -0.39 is 30.1 Å². The third-order valence-corrected chi connectivity index (χ3v) is 3.63. The van der Waals surface area contributed by atoms with Gasteiger partial charge in [-0.1, -0.05) is 12.1 Å². The number of amides is 1. The summed E-state index contributed by atoms with van der Waals surface area (Å²) in [4.78, 5) is 23.8. The number of nitrogens with zero attached hydrogens (tertiary/aromatic N) is 2. The molecule has 8 heteroatoms. The van der Waals surface area contributed by atoms with E-state index in [2.05, 4.69) is 10.4 Å². The maximum atomic E-state index is 13.5. The van der Waals surface area contributed by atoms with E-state index in [0.29, 0.717) is 12.6 Å². The van der Waals surface area contributed by atoms with E-state index in [0.717, 1.165) is 17.7 Å². The van der Waals surface area contributed by atoms with E-state index >= 15 is 0 Å². The van der Waals surface area contributed by atoms with Crippen molar-refractivity contribution in [2.45, 2.75) is 6.54 Å². The molecular formula is C19H15F2N3O3. The second kappa shape index (κ2) is 8.22. The van der Waals surface area contributed by atoms with Crippen LogP contribution in [-0.4, -0.2) is 28.3 Å². The first-order chi connectivity index (χ1) is 13.0. The number of hydrogen-bond donors (Lipinski definition) is 1. The average molecular weight is 371 g/mol. The van der Waals surface area contributed by atoms with Crippen LogP contribution in [0.15, 0.2) is 60.9 Å². The first kappa shape index (κ1) is 18.2. The van der Waals surface area contributed by atoms with Gasteiger partial charge in [-0.15, -0.1) is 0 Å². The molecule has 1 heterocycles. The molecule has 0 aliphatic rings. The van der Waals surface area contributed by atoms with Crippen molar-refractivity contribution in [1.29, 1.82) is 0 Å². The van der Waals surface area contributed by atoms with Crippen LogP contribution >= 0.6 is 0 Å². The lowest BCUT2D eigenvalue weighted by Gasteiger charge is -2.08. The minimum atomic E-state index is -0.914. The summed E-state index contributed by atoms with van der Waals surface area (Å²) >= 11 is 0. The van der Waals surface area contributed by atoms with Crippen molar-refractivity contribution in [3.63, 3.8) is 0 Å². The Balaban J connectivity index is 1.51. The molecule has 0 saturated carbocycles. The van der Waals surface area contributed by atoms with Gasteiger partial charge in [0.25, 0.3) is 5.91 Å². The van der Waals surface area contributed by atoms with Gasteiger partial charge in [-0.05, 0) is 35.9 Å². The van der Waals surface area contributed by atoms with Crippen molar-refractivity contribution in [3.8, 4) is 0 Å². The highest BCUT2D eigenvalue weighted by molar-refractivity contribution is 5.95. The lowest BCUT2D eigenvalue weighted by molar-refractivity contribution is -0.119. The quantitative estimate of drug-likeness (QED) is 0.676. The summed E-state index contributed by atoms with van der Waals surface area (Å²) in [5.41, 5.74) is 1.03. The molecule has 0 fully saturated rings. The smallest absolute Gasteiger partial charge is 0.338 e. The summed E-state index contributed by atoms with van der Waals surface area (Å²) in [6, 6.07) is 11.2. The van der Waals surface area contributed by atoms with Gasteiger partial charge in [0.2, 0.25) is 0 Å². The van der Waals surface area contributed by atoms with Gasteiger partial charge in [0, 0.05) is 18.5 Å². The Morgan fingerprint density at radius 2 is 1.89 bits per heavy atom. The highest BCUT2D eigenvalue weighted by Crippen LogP contribution is 2.15. The summed E-state index contributed by atoms with van der Waals surface area (Å²) < 4.78 is 33.0. The molecule has 1 N–H and O–H groups in total. The molecule has 0 radical (unpaired) electrons. The Morgan fingerprint density at radius 1 is 1.11 bits per heavy atom. The average Bonchev–Trinajstić information content (AvgIpc) is 3.16. The van der Waals surface area contributed by atoms with Crippen LogP contribution in [0.1, 0.15) is 15.9 Å². The van der Waals surface area contributed by atoms with Gasteiger partial charge in [0.1, 0.15) is 11.6 Å². The normalized spacial score (nSPS) is 10.4. The van der Waals surface area contributed by atoms with Crippen molar-refractivity contribution < 1.29 is 23.1 Å². The van der Waals surface area contributed by atoms with Crippen molar-refractivity contribution in [1.82, 2.24) is 9.78 Å². The van der Waals surface area contributed by atoms with E-state index in [9.17, 15) is 18.4 Å². The zero-order chi connectivity index (χ0) is 19.2. The highest BCUT2D eigenvalue weighted by Gasteiger charge is 2.12. The number of halogens is 2. The third-order valence-electron chi connectivity index (χ3n) is 3.63. The van der Waals surface area contributed by atoms with Gasteiger partial charge in [-0.25, -0.2) is 13.6 Å². The molecule has 1 amide bonds. The fourth-order valence-electron chi connectivity index (χ4n) is 2.32. The van der Waals surface area contributed by atoms with Crippen LogP contribution < -0.4 is 5.32 Å².